The van der Waals surface area contributed by atoms with E-state index in [0.717, 1.165) is 0 Å². The molecule has 1 aliphatic heterocycles. The second-order valence-electron chi connectivity index (χ2n) is 2.80. The molecule has 2 unspecified atom stereocenters. The molecule has 15 heavy (non-hydrogen) atoms. The minimum Gasteiger partial charge on any atom is -0.386 e. The summed E-state index contributed by atoms with van der Waals surface area (Å²) in [7, 11) is 0. The van der Waals surface area contributed by atoms with Crippen LogP contribution in [0.15, 0.2) is 0 Å². The highest BCUT2D eigenvalue weighted by atomic mass is 32.2. The largest absolute Gasteiger partial charge is 0.386 e. The van der Waals surface area contributed by atoms with Crippen LogP contribution in [0.5, 0.6) is 0 Å². The molecule has 90 valence electrons. The van der Waals surface area contributed by atoms with E-state index in [1.54, 1.807) is 0 Å². The van der Waals surface area contributed by atoms with Crippen LogP contribution < -0.4 is 0 Å². The Bertz CT molecular complexity index is 188. The summed E-state index contributed by atoms with van der Waals surface area (Å²) in [5.41, 5.74) is 0. The van der Waals surface area contributed by atoms with Gasteiger partial charge in [-0.3, -0.25) is 0 Å². The highest BCUT2D eigenvalue weighted by Gasteiger charge is 2.40. The molecule has 5 nitrogen and oxygen atoms in total. The minimum atomic E-state index is -3.53. The van der Waals surface area contributed by atoms with Gasteiger partial charge in [-0.25, -0.2) is 0 Å². The SMILES string of the molecule is OCSC(F)(F)C(O)OCC1COCO1. The van der Waals surface area contributed by atoms with E-state index in [1.165, 1.54) is 0 Å². The molecule has 0 saturated carbocycles. The number of thioether (sulfide) groups is 1. The molecule has 2 N–H and O–H groups in total. The van der Waals surface area contributed by atoms with Gasteiger partial charge in [0.05, 0.1) is 19.2 Å². The maximum absolute atomic E-state index is 12.8. The summed E-state index contributed by atoms with van der Waals surface area (Å²) in [5.74, 6) is -0.795. The second-order valence-corrected chi connectivity index (χ2v) is 3.89. The molecule has 0 radical (unpaired) electrons. The van der Waals surface area contributed by atoms with Crippen LogP contribution >= 0.6 is 11.8 Å². The number of hydrogen-bond donors (Lipinski definition) is 2. The Balaban J connectivity index is 2.24. The summed E-state index contributed by atoms with van der Waals surface area (Å²) in [4.78, 5) is 0. The highest BCUT2D eigenvalue weighted by molar-refractivity contribution is 8.00. The first-order chi connectivity index (χ1) is 7.06. The van der Waals surface area contributed by atoms with Crippen LogP contribution in [0.4, 0.5) is 8.78 Å². The summed E-state index contributed by atoms with van der Waals surface area (Å²) in [6.07, 6.45) is -2.70. The average molecular weight is 246 g/mol. The fraction of sp³-hybridized carbons (Fsp3) is 1.00. The van der Waals surface area contributed by atoms with Crippen molar-refractivity contribution in [2.75, 3.05) is 25.9 Å². The Morgan fingerprint density at radius 2 is 2.33 bits per heavy atom. The summed E-state index contributed by atoms with van der Waals surface area (Å²) in [6.45, 7) is 0.181. The standard InChI is InChI=1S/C7H12F2O5S/c8-7(9,15-3-10)6(11)13-2-5-1-12-4-14-5/h5-6,10-11H,1-4H2. The van der Waals surface area contributed by atoms with Crippen molar-refractivity contribution in [3.63, 3.8) is 0 Å². The second kappa shape index (κ2) is 5.92. The van der Waals surface area contributed by atoms with Crippen molar-refractivity contribution >= 4 is 11.8 Å². The molecule has 1 saturated heterocycles. The predicted molar refractivity (Wildman–Crippen MR) is 47.3 cm³/mol. The topological polar surface area (TPSA) is 68.2 Å². The van der Waals surface area contributed by atoms with E-state index in [1.807, 2.05) is 0 Å². The van der Waals surface area contributed by atoms with Crippen molar-refractivity contribution < 1.29 is 33.2 Å². The first-order valence-electron chi connectivity index (χ1n) is 4.18. The third-order valence-corrected chi connectivity index (χ3v) is 2.39. The molecular formula is C7H12F2O5S. The van der Waals surface area contributed by atoms with Gasteiger partial charge in [0.1, 0.15) is 12.9 Å². The Hall–Kier alpha value is 0.01000. The number of aliphatic hydroxyl groups is 2. The molecule has 0 aromatic carbocycles. The van der Waals surface area contributed by atoms with Crippen LogP contribution in [-0.4, -0.2) is 53.8 Å². The van der Waals surface area contributed by atoms with E-state index >= 15 is 0 Å². The predicted octanol–water partition coefficient (Wildman–Crippen LogP) is -0.0299. The number of halogens is 2. The summed E-state index contributed by atoms with van der Waals surface area (Å²) < 4.78 is 39.9. The van der Waals surface area contributed by atoms with E-state index in [-0.39, 0.29) is 31.8 Å². The smallest absolute Gasteiger partial charge is 0.345 e. The average Bonchev–Trinajstić information content (AvgIpc) is 2.66. The molecule has 0 spiro atoms. The molecule has 1 rings (SSSR count). The van der Waals surface area contributed by atoms with Crippen LogP contribution in [0.2, 0.25) is 0 Å². The monoisotopic (exact) mass is 246 g/mol. The molecule has 0 aliphatic carbocycles. The van der Waals surface area contributed by atoms with Crippen molar-refractivity contribution in [3.8, 4) is 0 Å². The molecule has 0 aromatic rings. The van der Waals surface area contributed by atoms with E-state index in [9.17, 15) is 8.78 Å². The Morgan fingerprint density at radius 1 is 1.60 bits per heavy atom. The normalized spacial score (nSPS) is 24.4. The number of hydrogen-bond acceptors (Lipinski definition) is 6. The summed E-state index contributed by atoms with van der Waals surface area (Å²) >= 11 is -0.101. The Labute approximate surface area is 89.3 Å². The van der Waals surface area contributed by atoms with Crippen molar-refractivity contribution in [2.45, 2.75) is 17.6 Å². The summed E-state index contributed by atoms with van der Waals surface area (Å²) in [6, 6.07) is 0. The van der Waals surface area contributed by atoms with Gasteiger partial charge in [-0.05, 0) is 0 Å². The van der Waals surface area contributed by atoms with Gasteiger partial charge in [0, 0.05) is 0 Å². The highest BCUT2D eigenvalue weighted by Crippen LogP contribution is 2.32. The van der Waals surface area contributed by atoms with Crippen LogP contribution in [0.1, 0.15) is 0 Å². The quantitative estimate of drug-likeness (QED) is 0.641. The number of aliphatic hydroxyl groups excluding tert-OH is 2. The number of alkyl halides is 2. The van der Waals surface area contributed by atoms with Gasteiger partial charge in [-0.1, -0.05) is 11.8 Å². The van der Waals surface area contributed by atoms with E-state index in [2.05, 4.69) is 4.74 Å². The molecule has 0 bridgehead atoms. The lowest BCUT2D eigenvalue weighted by molar-refractivity contribution is -0.201. The molecule has 0 aromatic heterocycles. The molecule has 1 heterocycles. The zero-order valence-electron chi connectivity index (χ0n) is 7.77. The van der Waals surface area contributed by atoms with Crippen LogP contribution in [0.25, 0.3) is 0 Å². The van der Waals surface area contributed by atoms with Gasteiger partial charge in [0.2, 0.25) is 6.29 Å². The zero-order valence-corrected chi connectivity index (χ0v) is 8.58. The van der Waals surface area contributed by atoms with Crippen LogP contribution in [0, 0.1) is 0 Å². The molecule has 2 atom stereocenters. The molecule has 1 aliphatic rings. The fourth-order valence-electron chi connectivity index (χ4n) is 0.921. The Kier molecular flexibility index (Phi) is 5.16. The van der Waals surface area contributed by atoms with Crippen molar-refractivity contribution in [1.29, 1.82) is 0 Å². The van der Waals surface area contributed by atoms with Crippen LogP contribution in [-0.2, 0) is 14.2 Å². The first kappa shape index (κ1) is 13.1. The maximum atomic E-state index is 12.8. The summed E-state index contributed by atoms with van der Waals surface area (Å²) in [5, 5.41) is 13.7. The molecule has 1 fully saturated rings. The van der Waals surface area contributed by atoms with Crippen LogP contribution in [0.3, 0.4) is 0 Å². The van der Waals surface area contributed by atoms with E-state index in [0.29, 0.717) is 0 Å². The van der Waals surface area contributed by atoms with E-state index in [4.69, 9.17) is 19.7 Å². The molecular weight excluding hydrogens is 234 g/mol. The number of ether oxygens (including phenoxy) is 3. The lowest BCUT2D eigenvalue weighted by Crippen LogP contribution is -2.35. The third kappa shape index (κ3) is 4.17. The lowest BCUT2D eigenvalue weighted by Gasteiger charge is -2.21. The van der Waals surface area contributed by atoms with Gasteiger partial charge >= 0.3 is 5.25 Å². The maximum Gasteiger partial charge on any atom is 0.345 e. The minimum absolute atomic E-state index is 0.101. The lowest BCUT2D eigenvalue weighted by atomic mass is 10.4. The van der Waals surface area contributed by atoms with Gasteiger partial charge in [-0.2, -0.15) is 8.78 Å². The molecule has 0 amide bonds. The zero-order chi connectivity index (χ0) is 11.3. The number of rotatable bonds is 6. The van der Waals surface area contributed by atoms with Crippen molar-refractivity contribution in [2.24, 2.45) is 0 Å². The van der Waals surface area contributed by atoms with Gasteiger partial charge in [0.25, 0.3) is 0 Å². The Morgan fingerprint density at radius 3 is 2.87 bits per heavy atom. The van der Waals surface area contributed by atoms with Gasteiger partial charge in [0.15, 0.2) is 0 Å². The van der Waals surface area contributed by atoms with E-state index < -0.39 is 23.6 Å². The van der Waals surface area contributed by atoms with Gasteiger partial charge in [-0.15, -0.1) is 0 Å². The third-order valence-electron chi connectivity index (χ3n) is 1.68. The first-order valence-corrected chi connectivity index (χ1v) is 5.16. The van der Waals surface area contributed by atoms with Crippen molar-refractivity contribution in [3.05, 3.63) is 0 Å². The van der Waals surface area contributed by atoms with Gasteiger partial charge < -0.3 is 24.4 Å². The fourth-order valence-corrected chi connectivity index (χ4v) is 1.30. The van der Waals surface area contributed by atoms with Crippen molar-refractivity contribution in [1.82, 2.24) is 0 Å². The molecule has 8 heteroatoms.